The van der Waals surface area contributed by atoms with Crippen molar-refractivity contribution in [3.8, 4) is 11.5 Å². The van der Waals surface area contributed by atoms with Crippen LogP contribution in [0, 0.1) is 12.3 Å². The zero-order valence-electron chi connectivity index (χ0n) is 16.6. The molecule has 1 aromatic heterocycles. The van der Waals surface area contributed by atoms with Gasteiger partial charge in [0.15, 0.2) is 0 Å². The van der Waals surface area contributed by atoms with E-state index in [1.54, 1.807) is 7.11 Å². The quantitative estimate of drug-likeness (QED) is 0.824. The number of rotatable bonds is 6. The van der Waals surface area contributed by atoms with Crippen LogP contribution in [0.3, 0.4) is 0 Å². The van der Waals surface area contributed by atoms with Gasteiger partial charge in [0.25, 0.3) is 0 Å². The number of aliphatic carboxylic acids is 1. The van der Waals surface area contributed by atoms with E-state index in [9.17, 15) is 9.90 Å². The Labute approximate surface area is 164 Å². The van der Waals surface area contributed by atoms with Crippen molar-refractivity contribution in [2.24, 2.45) is 5.41 Å². The molecule has 2 aliphatic rings. The van der Waals surface area contributed by atoms with E-state index in [4.69, 9.17) is 9.47 Å². The lowest BCUT2D eigenvalue weighted by molar-refractivity contribution is -0.151. The molecule has 2 aromatic rings. The molecule has 1 aromatic carbocycles. The highest BCUT2D eigenvalue weighted by Gasteiger charge is 2.56. The summed E-state index contributed by atoms with van der Waals surface area (Å²) in [6.07, 6.45) is 2.95. The number of methoxy groups -OCH3 is 1. The molecule has 0 amide bonds. The number of carboxylic acid groups (broad SMARTS) is 1. The summed E-state index contributed by atoms with van der Waals surface area (Å²) in [6.45, 7) is 7.15. The number of ether oxygens (including phenoxy) is 2. The number of benzene rings is 1. The first-order valence-electron chi connectivity index (χ1n) is 9.76. The van der Waals surface area contributed by atoms with Gasteiger partial charge in [0.1, 0.15) is 23.5 Å². The summed E-state index contributed by atoms with van der Waals surface area (Å²) in [5.41, 5.74) is 2.34. The first-order valence-corrected chi connectivity index (χ1v) is 9.76. The molecule has 0 spiro atoms. The van der Waals surface area contributed by atoms with Crippen LogP contribution in [-0.2, 0) is 17.9 Å². The first kappa shape index (κ1) is 18.8. The third kappa shape index (κ3) is 2.94. The SMILES string of the molecule is CCCn1ncc(CN2C[C@@H]3c4ccc(OC)cc4OC[C@]3(C(=O)O)C2)c1C. The number of fused-ring (bicyclic) bond motifs is 3. The first-order chi connectivity index (χ1) is 13.5. The minimum atomic E-state index is -0.922. The smallest absolute Gasteiger partial charge is 0.315 e. The van der Waals surface area contributed by atoms with E-state index in [1.807, 2.05) is 29.1 Å². The average molecular weight is 385 g/mol. The second-order valence-corrected chi connectivity index (χ2v) is 7.85. The van der Waals surface area contributed by atoms with Gasteiger partial charge in [-0.3, -0.25) is 14.4 Å². The van der Waals surface area contributed by atoms with E-state index in [-0.39, 0.29) is 12.5 Å². The Balaban J connectivity index is 1.62. The highest BCUT2D eigenvalue weighted by atomic mass is 16.5. The predicted octanol–water partition coefficient (Wildman–Crippen LogP) is 2.67. The fourth-order valence-corrected chi connectivity index (χ4v) is 4.53. The molecule has 0 bridgehead atoms. The van der Waals surface area contributed by atoms with Crippen LogP contribution in [0.2, 0.25) is 0 Å². The van der Waals surface area contributed by atoms with Gasteiger partial charge in [-0.15, -0.1) is 0 Å². The van der Waals surface area contributed by atoms with E-state index in [0.717, 1.165) is 41.3 Å². The zero-order valence-corrected chi connectivity index (χ0v) is 16.6. The van der Waals surface area contributed by atoms with Crippen molar-refractivity contribution in [1.82, 2.24) is 14.7 Å². The Kier molecular flexibility index (Phi) is 4.79. The van der Waals surface area contributed by atoms with Gasteiger partial charge in [-0.05, 0) is 19.4 Å². The maximum Gasteiger partial charge on any atom is 0.315 e. The summed E-state index contributed by atoms with van der Waals surface area (Å²) in [5.74, 6) is 0.552. The molecular weight excluding hydrogens is 358 g/mol. The van der Waals surface area contributed by atoms with Gasteiger partial charge in [-0.1, -0.05) is 13.0 Å². The molecule has 4 rings (SSSR count). The number of carboxylic acids is 1. The molecule has 0 aliphatic carbocycles. The average Bonchev–Trinajstić information content (AvgIpc) is 3.24. The zero-order chi connectivity index (χ0) is 19.9. The van der Waals surface area contributed by atoms with Crippen molar-refractivity contribution < 1.29 is 19.4 Å². The topological polar surface area (TPSA) is 76.8 Å². The Bertz CT molecular complexity index is 894. The lowest BCUT2D eigenvalue weighted by Crippen LogP contribution is -2.45. The van der Waals surface area contributed by atoms with Gasteiger partial charge < -0.3 is 14.6 Å². The van der Waals surface area contributed by atoms with Gasteiger partial charge in [0.05, 0.1) is 13.3 Å². The molecule has 3 heterocycles. The highest BCUT2D eigenvalue weighted by molar-refractivity contribution is 5.78. The van der Waals surface area contributed by atoms with Crippen molar-refractivity contribution in [1.29, 1.82) is 0 Å². The molecule has 0 saturated carbocycles. The number of nitrogens with zero attached hydrogens (tertiary/aromatic N) is 3. The molecule has 1 fully saturated rings. The van der Waals surface area contributed by atoms with Crippen LogP contribution in [0.15, 0.2) is 24.4 Å². The van der Waals surface area contributed by atoms with Crippen LogP contribution in [0.25, 0.3) is 0 Å². The minimum Gasteiger partial charge on any atom is -0.497 e. The molecule has 0 unspecified atom stereocenters. The maximum absolute atomic E-state index is 12.3. The van der Waals surface area contributed by atoms with Crippen molar-refractivity contribution in [3.63, 3.8) is 0 Å². The lowest BCUT2D eigenvalue weighted by atomic mass is 9.73. The number of hydrogen-bond donors (Lipinski definition) is 1. The Morgan fingerprint density at radius 3 is 3.00 bits per heavy atom. The van der Waals surface area contributed by atoms with Gasteiger partial charge in [0, 0.05) is 55.0 Å². The number of aromatic nitrogens is 2. The van der Waals surface area contributed by atoms with E-state index in [1.165, 1.54) is 0 Å². The second kappa shape index (κ2) is 7.13. The Morgan fingerprint density at radius 2 is 2.29 bits per heavy atom. The third-order valence-electron chi connectivity index (χ3n) is 6.16. The predicted molar refractivity (Wildman–Crippen MR) is 104 cm³/mol. The van der Waals surface area contributed by atoms with Crippen molar-refractivity contribution in [3.05, 3.63) is 41.2 Å². The van der Waals surface area contributed by atoms with Crippen LogP contribution < -0.4 is 9.47 Å². The maximum atomic E-state index is 12.3. The van der Waals surface area contributed by atoms with E-state index >= 15 is 0 Å². The Morgan fingerprint density at radius 1 is 1.46 bits per heavy atom. The summed E-state index contributed by atoms with van der Waals surface area (Å²) in [7, 11) is 1.62. The minimum absolute atomic E-state index is 0.106. The van der Waals surface area contributed by atoms with Crippen LogP contribution >= 0.6 is 0 Å². The summed E-state index contributed by atoms with van der Waals surface area (Å²) < 4.78 is 13.2. The van der Waals surface area contributed by atoms with Crippen LogP contribution in [0.1, 0.15) is 36.1 Å². The molecule has 7 nitrogen and oxygen atoms in total. The second-order valence-electron chi connectivity index (χ2n) is 7.85. The lowest BCUT2D eigenvalue weighted by Gasteiger charge is -2.36. The summed E-state index contributed by atoms with van der Waals surface area (Å²) in [5, 5.41) is 14.6. The molecule has 1 N–H and O–H groups in total. The largest absolute Gasteiger partial charge is 0.497 e. The van der Waals surface area contributed by atoms with E-state index < -0.39 is 11.4 Å². The number of hydrogen-bond acceptors (Lipinski definition) is 5. The molecular formula is C21H27N3O4. The fraction of sp³-hybridized carbons (Fsp3) is 0.524. The van der Waals surface area contributed by atoms with E-state index in [2.05, 4.69) is 23.8 Å². The van der Waals surface area contributed by atoms with Gasteiger partial charge in [-0.2, -0.15) is 5.10 Å². The number of aryl methyl sites for hydroxylation is 1. The molecule has 1 saturated heterocycles. The molecule has 28 heavy (non-hydrogen) atoms. The van der Waals surface area contributed by atoms with Crippen molar-refractivity contribution in [2.45, 2.75) is 39.3 Å². The monoisotopic (exact) mass is 385 g/mol. The van der Waals surface area contributed by atoms with Crippen LogP contribution in [-0.4, -0.2) is 52.6 Å². The summed E-state index contributed by atoms with van der Waals surface area (Å²) >= 11 is 0. The number of likely N-dealkylation sites (tertiary alicyclic amines) is 1. The highest BCUT2D eigenvalue weighted by Crippen LogP contribution is 2.50. The van der Waals surface area contributed by atoms with Crippen LogP contribution in [0.5, 0.6) is 11.5 Å². The standard InChI is InChI=1S/C21H27N3O4/c1-4-7-24-14(2)15(9-22-24)10-23-11-18-17-6-5-16(27-3)8-19(17)28-13-21(18,12-23)20(25)26/h5-6,8-9,18H,4,7,10-13H2,1-3H3,(H,25,26)/t18-,21-/m1/s1. The third-order valence-corrected chi connectivity index (χ3v) is 6.16. The Hall–Kier alpha value is -2.54. The molecule has 2 atom stereocenters. The van der Waals surface area contributed by atoms with E-state index in [0.29, 0.717) is 19.6 Å². The van der Waals surface area contributed by atoms with Crippen LogP contribution in [0.4, 0.5) is 0 Å². The van der Waals surface area contributed by atoms with Crippen molar-refractivity contribution >= 4 is 5.97 Å². The van der Waals surface area contributed by atoms with Gasteiger partial charge >= 0.3 is 5.97 Å². The summed E-state index contributed by atoms with van der Waals surface area (Å²) in [4.78, 5) is 14.5. The number of carbonyl (C=O) groups is 1. The van der Waals surface area contributed by atoms with Gasteiger partial charge in [0.2, 0.25) is 0 Å². The normalized spacial score (nSPS) is 23.8. The van der Waals surface area contributed by atoms with Crippen molar-refractivity contribution in [2.75, 3.05) is 26.8 Å². The molecule has 7 heteroatoms. The summed E-state index contributed by atoms with van der Waals surface area (Å²) in [6, 6.07) is 5.67. The molecule has 0 radical (unpaired) electrons. The molecule has 150 valence electrons. The van der Waals surface area contributed by atoms with Gasteiger partial charge in [-0.25, -0.2) is 0 Å². The fourth-order valence-electron chi connectivity index (χ4n) is 4.53. The molecule has 2 aliphatic heterocycles.